The predicted octanol–water partition coefficient (Wildman–Crippen LogP) is -0.130. The van der Waals surface area contributed by atoms with E-state index in [0.717, 1.165) is 6.26 Å². The first-order valence-electron chi connectivity index (χ1n) is 5.15. The van der Waals surface area contributed by atoms with Crippen molar-refractivity contribution in [2.75, 3.05) is 32.1 Å². The molecule has 0 amide bonds. The van der Waals surface area contributed by atoms with E-state index >= 15 is 0 Å². The maximum Gasteiger partial charge on any atom is 0.331 e. The van der Waals surface area contributed by atoms with Crippen molar-refractivity contribution in [1.82, 2.24) is 4.90 Å². The summed E-state index contributed by atoms with van der Waals surface area (Å²) in [7, 11) is -1.42. The van der Waals surface area contributed by atoms with Gasteiger partial charge >= 0.3 is 11.9 Å². The fourth-order valence-corrected chi connectivity index (χ4v) is 1.78. The highest BCUT2D eigenvalue weighted by Gasteiger charge is 2.11. The summed E-state index contributed by atoms with van der Waals surface area (Å²) in [5, 5.41) is 17.2. The summed E-state index contributed by atoms with van der Waals surface area (Å²) < 4.78 is 21.8. The summed E-state index contributed by atoms with van der Waals surface area (Å²) >= 11 is 0. The Labute approximate surface area is 118 Å². The molecule has 0 rings (SSSR count). The van der Waals surface area contributed by atoms with Gasteiger partial charge in [-0.25, -0.2) is 18.0 Å². The monoisotopic (exact) mass is 315 g/mol. The molecule has 0 aliphatic rings. The molecule has 0 aromatic rings. The third-order valence-electron chi connectivity index (χ3n) is 2.18. The summed E-state index contributed by atoms with van der Waals surface area (Å²) in [5.74, 6) is -2.62. The van der Waals surface area contributed by atoms with E-state index in [0.29, 0.717) is 6.08 Å². The fourth-order valence-electron chi connectivity index (χ4n) is 1.13. The molecule has 9 heteroatoms. The third-order valence-corrected chi connectivity index (χ3v) is 3.10. The maximum absolute atomic E-state index is 10.9. The molecule has 0 atom stereocenters. The van der Waals surface area contributed by atoms with Crippen molar-refractivity contribution < 1.29 is 28.2 Å². The molecule has 0 saturated carbocycles. The quantitative estimate of drug-likeness (QED) is 0.600. The normalized spacial score (nSPS) is 12.1. The topological polar surface area (TPSA) is 112 Å². The first-order chi connectivity index (χ1) is 8.11. The zero-order valence-electron chi connectivity index (χ0n) is 10.7. The number of carboxylic acid groups (broad SMARTS) is 2. The molecule has 0 spiro atoms. The van der Waals surface area contributed by atoms with Crippen molar-refractivity contribution in [3.05, 3.63) is 11.6 Å². The van der Waals surface area contributed by atoms with Gasteiger partial charge in [0.2, 0.25) is 0 Å². The zero-order chi connectivity index (χ0) is 14.3. The Morgan fingerprint density at radius 2 is 1.74 bits per heavy atom. The Morgan fingerprint density at radius 3 is 2.11 bits per heavy atom. The third kappa shape index (κ3) is 11.7. The summed E-state index contributed by atoms with van der Waals surface area (Å²) in [6, 6.07) is 0. The minimum absolute atomic E-state index is 0. The van der Waals surface area contributed by atoms with Crippen molar-refractivity contribution in [3.63, 3.8) is 0 Å². The molecular formula is C10H18ClNO6S. The lowest BCUT2D eigenvalue weighted by Crippen LogP contribution is -2.27. The van der Waals surface area contributed by atoms with Crippen LogP contribution in [0.4, 0.5) is 0 Å². The second-order valence-corrected chi connectivity index (χ2v) is 6.26. The van der Waals surface area contributed by atoms with Crippen LogP contribution in [0.3, 0.4) is 0 Å². The second kappa shape index (κ2) is 8.89. The number of carboxylic acids is 2. The highest BCUT2D eigenvalue weighted by Crippen LogP contribution is 2.03. The minimum atomic E-state index is -3.06. The van der Waals surface area contributed by atoms with Crippen LogP contribution >= 0.6 is 12.4 Å². The van der Waals surface area contributed by atoms with E-state index in [-0.39, 0.29) is 43.2 Å². The van der Waals surface area contributed by atoms with Crippen molar-refractivity contribution in [3.8, 4) is 0 Å². The van der Waals surface area contributed by atoms with Crippen LogP contribution in [0.2, 0.25) is 0 Å². The van der Waals surface area contributed by atoms with Crippen LogP contribution in [-0.2, 0) is 19.4 Å². The number of sulfone groups is 1. The Hall–Kier alpha value is -1.12. The zero-order valence-corrected chi connectivity index (χ0v) is 12.3. The molecular weight excluding hydrogens is 298 g/mol. The number of aliphatic carboxylic acids is 2. The van der Waals surface area contributed by atoms with Crippen LogP contribution in [-0.4, -0.2) is 67.6 Å². The van der Waals surface area contributed by atoms with Gasteiger partial charge in [-0.3, -0.25) is 0 Å². The van der Waals surface area contributed by atoms with Gasteiger partial charge in [0.25, 0.3) is 0 Å². The molecule has 0 aliphatic carbocycles. The van der Waals surface area contributed by atoms with Crippen molar-refractivity contribution >= 4 is 34.2 Å². The summed E-state index contributed by atoms with van der Waals surface area (Å²) in [4.78, 5) is 22.7. The maximum atomic E-state index is 10.9. The SMILES string of the molecule is CN(CCC(=CC(=O)O)C(=O)O)CCS(C)(=O)=O.Cl. The Balaban J connectivity index is 0. The lowest BCUT2D eigenvalue weighted by atomic mass is 10.1. The van der Waals surface area contributed by atoms with Gasteiger partial charge in [0.05, 0.1) is 5.75 Å². The largest absolute Gasteiger partial charge is 0.478 e. The highest BCUT2D eigenvalue weighted by atomic mass is 35.5. The van der Waals surface area contributed by atoms with E-state index in [4.69, 9.17) is 10.2 Å². The first kappa shape index (κ1) is 20.2. The van der Waals surface area contributed by atoms with Gasteiger partial charge in [0.15, 0.2) is 0 Å². The number of rotatable bonds is 8. The smallest absolute Gasteiger partial charge is 0.331 e. The average Bonchev–Trinajstić information content (AvgIpc) is 2.19. The van der Waals surface area contributed by atoms with Crippen LogP contribution in [0.15, 0.2) is 11.6 Å². The van der Waals surface area contributed by atoms with Gasteiger partial charge < -0.3 is 15.1 Å². The summed E-state index contributed by atoms with van der Waals surface area (Å²) in [6.07, 6.45) is 1.81. The Bertz CT molecular complexity index is 445. The number of carbonyl (C=O) groups is 2. The molecule has 7 nitrogen and oxygen atoms in total. The van der Waals surface area contributed by atoms with Crippen LogP contribution in [0.25, 0.3) is 0 Å². The Kier molecular flexibility index (Phi) is 9.45. The van der Waals surface area contributed by atoms with Gasteiger partial charge in [0, 0.05) is 31.0 Å². The fraction of sp³-hybridized carbons (Fsp3) is 0.600. The van der Waals surface area contributed by atoms with Gasteiger partial charge in [-0.1, -0.05) is 0 Å². The molecule has 0 saturated heterocycles. The molecule has 112 valence electrons. The van der Waals surface area contributed by atoms with Gasteiger partial charge in [-0.15, -0.1) is 12.4 Å². The highest BCUT2D eigenvalue weighted by molar-refractivity contribution is 7.90. The summed E-state index contributed by atoms with van der Waals surface area (Å²) in [5.41, 5.74) is -0.214. The Morgan fingerprint density at radius 1 is 1.21 bits per heavy atom. The average molecular weight is 316 g/mol. The van der Waals surface area contributed by atoms with Crippen molar-refractivity contribution in [2.24, 2.45) is 0 Å². The van der Waals surface area contributed by atoms with Crippen LogP contribution in [0.5, 0.6) is 0 Å². The minimum Gasteiger partial charge on any atom is -0.478 e. The van der Waals surface area contributed by atoms with Crippen LogP contribution < -0.4 is 0 Å². The number of nitrogens with zero attached hydrogens (tertiary/aromatic N) is 1. The lowest BCUT2D eigenvalue weighted by Gasteiger charge is -2.15. The van der Waals surface area contributed by atoms with Gasteiger partial charge in [-0.2, -0.15) is 0 Å². The molecule has 0 radical (unpaired) electrons. The van der Waals surface area contributed by atoms with Crippen molar-refractivity contribution in [1.29, 1.82) is 0 Å². The van der Waals surface area contributed by atoms with Crippen LogP contribution in [0.1, 0.15) is 6.42 Å². The predicted molar refractivity (Wildman–Crippen MR) is 72.4 cm³/mol. The van der Waals surface area contributed by atoms with E-state index in [9.17, 15) is 18.0 Å². The van der Waals surface area contributed by atoms with Crippen molar-refractivity contribution in [2.45, 2.75) is 6.42 Å². The number of hydrogen-bond donors (Lipinski definition) is 2. The molecule has 0 aliphatic heterocycles. The van der Waals surface area contributed by atoms with Crippen LogP contribution in [0, 0.1) is 0 Å². The second-order valence-electron chi connectivity index (χ2n) is 4.00. The van der Waals surface area contributed by atoms with E-state index in [1.54, 1.807) is 11.9 Å². The molecule has 0 bridgehead atoms. The number of hydrogen-bond acceptors (Lipinski definition) is 5. The standard InChI is InChI=1S/C10H17NO6S.ClH/c1-11(5-6-18(2,16)17)4-3-8(10(14)15)7-9(12)13;/h7H,3-6H2,1-2H3,(H,12,13)(H,14,15);1H. The molecule has 0 aromatic carbocycles. The molecule has 0 fully saturated rings. The van der Waals surface area contributed by atoms with E-state index < -0.39 is 21.8 Å². The molecule has 0 aromatic heterocycles. The van der Waals surface area contributed by atoms with Gasteiger partial charge in [-0.05, 0) is 13.5 Å². The van der Waals surface area contributed by atoms with E-state index in [1.807, 2.05) is 0 Å². The molecule has 0 heterocycles. The summed E-state index contributed by atoms with van der Waals surface area (Å²) in [6.45, 7) is 0.555. The van der Waals surface area contributed by atoms with E-state index in [2.05, 4.69) is 0 Å². The number of halogens is 1. The first-order valence-corrected chi connectivity index (χ1v) is 7.21. The molecule has 0 unspecified atom stereocenters. The lowest BCUT2D eigenvalue weighted by molar-refractivity contribution is -0.135. The van der Waals surface area contributed by atoms with Gasteiger partial charge in [0.1, 0.15) is 9.84 Å². The van der Waals surface area contributed by atoms with E-state index in [1.165, 1.54) is 0 Å². The molecule has 2 N–H and O–H groups in total. The molecule has 19 heavy (non-hydrogen) atoms.